The minimum atomic E-state index is -0.975. The van der Waals surface area contributed by atoms with Gasteiger partial charge in [-0.25, -0.2) is 14.3 Å². The molecule has 338 valence electrons. The summed E-state index contributed by atoms with van der Waals surface area (Å²) in [5, 5.41) is 21.2. The molecule has 2 N–H and O–H groups in total. The summed E-state index contributed by atoms with van der Waals surface area (Å²) >= 11 is 0. The Morgan fingerprint density at radius 2 is 1.35 bits per heavy atom. The van der Waals surface area contributed by atoms with Crippen molar-refractivity contribution in [2.75, 3.05) is 59.4 Å². The number of hydrogen-bond donors (Lipinski definition) is 2. The first kappa shape index (κ1) is 45.8. The number of fused-ring (bicyclic) bond motifs is 2. The molecule has 1 aliphatic rings. The van der Waals surface area contributed by atoms with Gasteiger partial charge >= 0.3 is 11.6 Å². The number of amides is 3. The Hall–Kier alpha value is -7.25. The van der Waals surface area contributed by atoms with E-state index in [2.05, 4.69) is 15.6 Å². The average Bonchev–Trinajstić information content (AvgIpc) is 3.89. The standard InChI is InChI=1S/C47H47N5O13/c53-36-13-12-34-27-41(47(58)65-42(34)28-36)52-29-35(49-50-52)31-63-37-14-10-32(11-15-37)26-40(46(57)64-30-33-6-2-1-3-7-33)48-43(54)16-18-59-20-22-61-24-25-62-23-21-60-19-17-51-44(55)38-8-4-5-9-39(38)45(51)56/h1-15,27-29,40,53H,16-26,30-31H2,(H,48,54). The van der Waals surface area contributed by atoms with Crippen LogP contribution in [0.1, 0.15) is 44.0 Å². The summed E-state index contributed by atoms with van der Waals surface area (Å²) in [7, 11) is 0. The number of esters is 1. The zero-order valence-electron chi connectivity index (χ0n) is 35.3. The molecule has 1 atom stereocenters. The van der Waals surface area contributed by atoms with Crippen molar-refractivity contribution in [3.8, 4) is 17.2 Å². The maximum Gasteiger partial charge on any atom is 0.362 e. The van der Waals surface area contributed by atoms with Crippen LogP contribution in [0.5, 0.6) is 11.5 Å². The van der Waals surface area contributed by atoms with Crippen LogP contribution in [0, 0.1) is 0 Å². The lowest BCUT2D eigenvalue weighted by atomic mass is 10.1. The lowest BCUT2D eigenvalue weighted by Crippen LogP contribution is -2.43. The fraction of sp³-hybridized carbons (Fsp3) is 0.298. The highest BCUT2D eigenvalue weighted by molar-refractivity contribution is 6.21. The maximum absolute atomic E-state index is 13.3. The van der Waals surface area contributed by atoms with Crippen molar-refractivity contribution in [2.24, 2.45) is 0 Å². The molecule has 7 rings (SSSR count). The topological polar surface area (TPSA) is 220 Å². The Labute approximate surface area is 372 Å². The van der Waals surface area contributed by atoms with Gasteiger partial charge in [-0.1, -0.05) is 59.8 Å². The van der Waals surface area contributed by atoms with Crippen molar-refractivity contribution in [3.05, 3.63) is 148 Å². The van der Waals surface area contributed by atoms with Gasteiger partial charge in [-0.3, -0.25) is 19.3 Å². The maximum atomic E-state index is 13.3. The van der Waals surface area contributed by atoms with Crippen molar-refractivity contribution >= 4 is 34.7 Å². The summed E-state index contributed by atoms with van der Waals surface area (Å²) in [6, 6.07) is 28.1. The van der Waals surface area contributed by atoms with Crippen molar-refractivity contribution in [2.45, 2.75) is 32.1 Å². The number of phenols is 1. The van der Waals surface area contributed by atoms with Crippen LogP contribution < -0.4 is 15.7 Å². The highest BCUT2D eigenvalue weighted by Gasteiger charge is 2.34. The minimum absolute atomic E-state index is 0.00625. The third-order valence-electron chi connectivity index (χ3n) is 10.0. The molecule has 18 nitrogen and oxygen atoms in total. The zero-order valence-corrected chi connectivity index (χ0v) is 35.3. The summed E-state index contributed by atoms with van der Waals surface area (Å²) in [5.74, 6) is -1.12. The lowest BCUT2D eigenvalue weighted by molar-refractivity contribution is -0.149. The molecule has 0 spiro atoms. The molecule has 3 heterocycles. The number of carbonyl (C=O) groups is 4. The predicted octanol–water partition coefficient (Wildman–Crippen LogP) is 4.18. The normalized spacial score (nSPS) is 12.6. The molecule has 4 aromatic carbocycles. The van der Waals surface area contributed by atoms with Gasteiger partial charge in [0.25, 0.3) is 11.8 Å². The summed E-state index contributed by atoms with van der Waals surface area (Å²) in [6.45, 7) is 2.36. The van der Waals surface area contributed by atoms with Gasteiger partial charge in [-0.2, -0.15) is 0 Å². The number of phenolic OH excluding ortho intramolecular Hbond substituents is 1. The van der Waals surface area contributed by atoms with Crippen LogP contribution in [0.25, 0.3) is 16.7 Å². The summed E-state index contributed by atoms with van der Waals surface area (Å²) in [4.78, 5) is 64.9. The fourth-order valence-corrected chi connectivity index (χ4v) is 6.66. The van der Waals surface area contributed by atoms with Crippen LogP contribution in [0.15, 0.2) is 119 Å². The number of carbonyl (C=O) groups excluding carboxylic acids is 4. The molecule has 0 saturated carbocycles. The molecule has 0 bridgehead atoms. The van der Waals surface area contributed by atoms with Crippen molar-refractivity contribution in [1.29, 1.82) is 0 Å². The molecule has 0 aliphatic carbocycles. The van der Waals surface area contributed by atoms with Crippen LogP contribution in [0.2, 0.25) is 0 Å². The van der Waals surface area contributed by atoms with E-state index in [1.807, 2.05) is 30.3 Å². The Balaban J connectivity index is 0.785. The molecule has 1 unspecified atom stereocenters. The zero-order chi connectivity index (χ0) is 45.4. The number of ether oxygens (including phenoxy) is 6. The molecule has 0 fully saturated rings. The Kier molecular flexibility index (Phi) is 16.1. The minimum Gasteiger partial charge on any atom is -0.508 e. The van der Waals surface area contributed by atoms with Gasteiger partial charge in [-0.05, 0) is 53.6 Å². The molecule has 65 heavy (non-hydrogen) atoms. The van der Waals surface area contributed by atoms with Crippen molar-refractivity contribution < 1.29 is 57.1 Å². The highest BCUT2D eigenvalue weighted by Crippen LogP contribution is 2.23. The van der Waals surface area contributed by atoms with Gasteiger partial charge in [0.15, 0.2) is 5.69 Å². The van der Waals surface area contributed by atoms with E-state index >= 15 is 0 Å². The van der Waals surface area contributed by atoms with Gasteiger partial charge in [0.05, 0.1) is 76.7 Å². The van der Waals surface area contributed by atoms with Gasteiger partial charge in [0, 0.05) is 24.3 Å². The van der Waals surface area contributed by atoms with Gasteiger partial charge in [-0.15, -0.1) is 5.10 Å². The molecule has 18 heteroatoms. The number of benzene rings is 4. The smallest absolute Gasteiger partial charge is 0.362 e. The number of imide groups is 1. The van der Waals surface area contributed by atoms with Crippen LogP contribution in [-0.2, 0) is 52.9 Å². The number of aromatic hydroxyl groups is 1. The quantitative estimate of drug-likeness (QED) is 0.0357. The highest BCUT2D eigenvalue weighted by atomic mass is 16.6. The van der Waals surface area contributed by atoms with Crippen molar-refractivity contribution in [1.82, 2.24) is 25.2 Å². The molecule has 0 radical (unpaired) electrons. The van der Waals surface area contributed by atoms with E-state index in [-0.39, 0.29) is 93.8 Å². The van der Waals surface area contributed by atoms with E-state index in [0.29, 0.717) is 54.4 Å². The Morgan fingerprint density at radius 3 is 2.05 bits per heavy atom. The Morgan fingerprint density at radius 1 is 0.708 bits per heavy atom. The van der Waals surface area contributed by atoms with Gasteiger partial charge in [0.2, 0.25) is 5.91 Å². The molecule has 2 aromatic heterocycles. The first-order valence-corrected chi connectivity index (χ1v) is 20.9. The second-order valence-electron chi connectivity index (χ2n) is 14.7. The van der Waals surface area contributed by atoms with E-state index in [0.717, 1.165) is 11.1 Å². The average molecular weight is 890 g/mol. The molecular weight excluding hydrogens is 843 g/mol. The van der Waals surface area contributed by atoms with Gasteiger partial charge < -0.3 is 43.3 Å². The summed E-state index contributed by atoms with van der Waals surface area (Å²) in [6.07, 6.45) is 1.71. The van der Waals surface area contributed by atoms with E-state index in [1.54, 1.807) is 66.9 Å². The molecule has 6 aromatic rings. The van der Waals surface area contributed by atoms with E-state index in [9.17, 15) is 29.1 Å². The van der Waals surface area contributed by atoms with Crippen LogP contribution in [-0.4, -0.2) is 114 Å². The Bertz CT molecular complexity index is 2580. The van der Waals surface area contributed by atoms with Gasteiger partial charge in [0.1, 0.15) is 42.0 Å². The SMILES string of the molecule is O=C(CCOCCOCCOCCOCCN1C(=O)c2ccccc2C1=O)NC(Cc1ccc(OCc2cn(-c3cc4ccc(O)cc4oc3=O)nn2)cc1)C(=O)OCc1ccccc1. The third-order valence-corrected chi connectivity index (χ3v) is 10.0. The number of nitrogens with zero attached hydrogens (tertiary/aromatic N) is 4. The predicted molar refractivity (Wildman–Crippen MR) is 231 cm³/mol. The van der Waals surface area contributed by atoms with E-state index in [4.69, 9.17) is 32.8 Å². The van der Waals surface area contributed by atoms with Crippen molar-refractivity contribution in [3.63, 3.8) is 0 Å². The molecular formula is C47H47N5O13. The molecule has 3 amide bonds. The second kappa shape index (κ2) is 22.9. The fourth-order valence-electron chi connectivity index (χ4n) is 6.66. The third kappa shape index (κ3) is 12.9. The second-order valence-corrected chi connectivity index (χ2v) is 14.7. The monoisotopic (exact) mass is 889 g/mol. The van der Waals surface area contributed by atoms with Crippen LogP contribution >= 0.6 is 0 Å². The lowest BCUT2D eigenvalue weighted by Gasteiger charge is -2.18. The molecule has 0 saturated heterocycles. The first-order chi connectivity index (χ1) is 31.7. The van der Waals surface area contributed by atoms with E-state index < -0.39 is 17.6 Å². The first-order valence-electron chi connectivity index (χ1n) is 20.9. The number of rotatable bonds is 25. The summed E-state index contributed by atoms with van der Waals surface area (Å²) < 4.78 is 40.2. The number of aromatic nitrogens is 3. The number of nitrogens with one attached hydrogen (secondary N) is 1. The van der Waals surface area contributed by atoms with Crippen LogP contribution in [0.3, 0.4) is 0 Å². The largest absolute Gasteiger partial charge is 0.508 e. The number of hydrogen-bond acceptors (Lipinski definition) is 15. The summed E-state index contributed by atoms with van der Waals surface area (Å²) in [5.41, 5.74) is 2.55. The van der Waals surface area contributed by atoms with Crippen LogP contribution in [0.4, 0.5) is 0 Å². The molecule has 1 aliphatic heterocycles. The van der Waals surface area contributed by atoms with E-state index in [1.165, 1.54) is 21.7 Å².